The molecule has 4 nitrogen and oxygen atoms in total. The molecule has 2 unspecified atom stereocenters. The standard InChI is InChI=1S/C10H18N2O2/c1-5-10(3,7-11)9(13)12-6-8(2)14-4/h8H,5-6H2,1-4H3,(H,12,13). The van der Waals surface area contributed by atoms with Crippen LogP contribution in [0, 0.1) is 16.7 Å². The molecule has 0 fully saturated rings. The summed E-state index contributed by atoms with van der Waals surface area (Å²) in [6.07, 6.45) is 0.482. The van der Waals surface area contributed by atoms with Gasteiger partial charge in [0, 0.05) is 13.7 Å². The molecule has 0 spiro atoms. The van der Waals surface area contributed by atoms with Crippen LogP contribution in [0.3, 0.4) is 0 Å². The summed E-state index contributed by atoms with van der Waals surface area (Å²) in [5, 5.41) is 11.5. The Morgan fingerprint density at radius 2 is 2.29 bits per heavy atom. The van der Waals surface area contributed by atoms with Crippen LogP contribution in [0.5, 0.6) is 0 Å². The number of nitriles is 1. The van der Waals surface area contributed by atoms with Gasteiger partial charge in [-0.05, 0) is 20.3 Å². The topological polar surface area (TPSA) is 62.1 Å². The van der Waals surface area contributed by atoms with Gasteiger partial charge in [0.05, 0.1) is 12.2 Å². The molecule has 0 aromatic carbocycles. The summed E-state index contributed by atoms with van der Waals surface area (Å²) in [5.41, 5.74) is -0.923. The van der Waals surface area contributed by atoms with E-state index in [-0.39, 0.29) is 12.0 Å². The second kappa shape index (κ2) is 5.61. The lowest BCUT2D eigenvalue weighted by Crippen LogP contribution is -2.41. The lowest BCUT2D eigenvalue weighted by Gasteiger charge is -2.19. The van der Waals surface area contributed by atoms with Gasteiger partial charge in [-0.2, -0.15) is 5.26 Å². The molecule has 2 atom stereocenters. The van der Waals surface area contributed by atoms with E-state index in [1.165, 1.54) is 0 Å². The van der Waals surface area contributed by atoms with Crippen LogP contribution in [-0.4, -0.2) is 25.7 Å². The first-order valence-electron chi connectivity index (χ1n) is 4.72. The monoisotopic (exact) mass is 198 g/mol. The van der Waals surface area contributed by atoms with Crippen LogP contribution in [0.4, 0.5) is 0 Å². The maximum atomic E-state index is 11.6. The fourth-order valence-electron chi connectivity index (χ4n) is 0.805. The molecule has 0 saturated carbocycles. The number of nitrogens with one attached hydrogen (secondary N) is 1. The zero-order valence-electron chi connectivity index (χ0n) is 9.26. The molecule has 0 aromatic heterocycles. The summed E-state index contributed by atoms with van der Waals surface area (Å²) >= 11 is 0. The second-order valence-electron chi connectivity index (χ2n) is 3.55. The second-order valence-corrected chi connectivity index (χ2v) is 3.55. The normalized spacial score (nSPS) is 16.5. The molecule has 0 aliphatic rings. The molecule has 0 rings (SSSR count). The molecule has 14 heavy (non-hydrogen) atoms. The Labute approximate surface area is 85.2 Å². The van der Waals surface area contributed by atoms with E-state index in [9.17, 15) is 4.79 Å². The average Bonchev–Trinajstić information content (AvgIpc) is 2.23. The van der Waals surface area contributed by atoms with Crippen molar-refractivity contribution in [2.45, 2.75) is 33.3 Å². The third-order valence-corrected chi connectivity index (χ3v) is 2.41. The highest BCUT2D eigenvalue weighted by molar-refractivity contribution is 5.84. The predicted molar refractivity (Wildman–Crippen MR) is 53.5 cm³/mol. The predicted octanol–water partition coefficient (Wildman–Crippen LogP) is 1.08. The van der Waals surface area contributed by atoms with Crippen molar-refractivity contribution >= 4 is 5.91 Å². The van der Waals surface area contributed by atoms with Crippen LogP contribution in [-0.2, 0) is 9.53 Å². The lowest BCUT2D eigenvalue weighted by atomic mass is 9.88. The number of hydrogen-bond donors (Lipinski definition) is 1. The average molecular weight is 198 g/mol. The number of amides is 1. The van der Waals surface area contributed by atoms with Crippen molar-refractivity contribution in [3.63, 3.8) is 0 Å². The van der Waals surface area contributed by atoms with E-state index in [4.69, 9.17) is 10.00 Å². The van der Waals surface area contributed by atoms with Gasteiger partial charge in [0.15, 0.2) is 0 Å². The van der Waals surface area contributed by atoms with E-state index in [1.807, 2.05) is 19.9 Å². The van der Waals surface area contributed by atoms with E-state index in [0.717, 1.165) is 0 Å². The minimum absolute atomic E-state index is 0.0289. The number of rotatable bonds is 5. The Kier molecular flexibility index (Phi) is 5.18. The van der Waals surface area contributed by atoms with Crippen molar-refractivity contribution < 1.29 is 9.53 Å². The van der Waals surface area contributed by atoms with Gasteiger partial charge in [0.25, 0.3) is 0 Å². The molecule has 0 heterocycles. The molecule has 0 radical (unpaired) electrons. The summed E-state index contributed by atoms with van der Waals surface area (Å²) in [7, 11) is 1.58. The van der Waals surface area contributed by atoms with Crippen LogP contribution >= 0.6 is 0 Å². The Hall–Kier alpha value is -1.08. The number of carbonyl (C=O) groups excluding carboxylic acids is 1. The smallest absolute Gasteiger partial charge is 0.240 e. The zero-order chi connectivity index (χ0) is 11.2. The van der Waals surface area contributed by atoms with E-state index in [1.54, 1.807) is 14.0 Å². The van der Waals surface area contributed by atoms with Crippen molar-refractivity contribution in [2.24, 2.45) is 5.41 Å². The van der Waals surface area contributed by atoms with Crippen molar-refractivity contribution in [1.29, 1.82) is 5.26 Å². The number of carbonyl (C=O) groups is 1. The Bertz CT molecular complexity index is 235. The number of nitrogens with zero attached hydrogens (tertiary/aromatic N) is 1. The molecule has 80 valence electrons. The van der Waals surface area contributed by atoms with Gasteiger partial charge in [0.1, 0.15) is 5.41 Å². The third-order valence-electron chi connectivity index (χ3n) is 2.41. The van der Waals surface area contributed by atoms with E-state index < -0.39 is 5.41 Å². The number of methoxy groups -OCH3 is 1. The molecule has 0 aromatic rings. The summed E-state index contributed by atoms with van der Waals surface area (Å²) < 4.78 is 4.98. The number of hydrogen-bond acceptors (Lipinski definition) is 3. The van der Waals surface area contributed by atoms with Crippen LogP contribution in [0.2, 0.25) is 0 Å². The van der Waals surface area contributed by atoms with Crippen molar-refractivity contribution in [2.75, 3.05) is 13.7 Å². The first-order valence-corrected chi connectivity index (χ1v) is 4.72. The maximum Gasteiger partial charge on any atom is 0.240 e. The molecule has 0 aliphatic heterocycles. The minimum Gasteiger partial charge on any atom is -0.380 e. The molecule has 0 aliphatic carbocycles. The molecule has 0 saturated heterocycles. The van der Waals surface area contributed by atoms with Crippen molar-refractivity contribution in [1.82, 2.24) is 5.32 Å². The fourth-order valence-corrected chi connectivity index (χ4v) is 0.805. The first-order chi connectivity index (χ1) is 6.50. The lowest BCUT2D eigenvalue weighted by molar-refractivity contribution is -0.128. The molecular weight excluding hydrogens is 180 g/mol. The number of ether oxygens (including phenoxy) is 1. The summed E-state index contributed by atoms with van der Waals surface area (Å²) in [4.78, 5) is 11.6. The van der Waals surface area contributed by atoms with Gasteiger partial charge in [0.2, 0.25) is 5.91 Å². The van der Waals surface area contributed by atoms with Gasteiger partial charge in [-0.1, -0.05) is 6.92 Å². The van der Waals surface area contributed by atoms with Crippen LogP contribution in [0.1, 0.15) is 27.2 Å². The Morgan fingerprint density at radius 3 is 2.64 bits per heavy atom. The molecule has 4 heteroatoms. The van der Waals surface area contributed by atoms with Crippen LogP contribution in [0.15, 0.2) is 0 Å². The fraction of sp³-hybridized carbons (Fsp3) is 0.800. The highest BCUT2D eigenvalue weighted by Crippen LogP contribution is 2.19. The van der Waals surface area contributed by atoms with Crippen molar-refractivity contribution in [3.8, 4) is 6.07 Å². The zero-order valence-corrected chi connectivity index (χ0v) is 9.26. The first kappa shape index (κ1) is 12.9. The van der Waals surface area contributed by atoms with Crippen molar-refractivity contribution in [3.05, 3.63) is 0 Å². The summed E-state index contributed by atoms with van der Waals surface area (Å²) in [5.74, 6) is -0.230. The van der Waals surface area contributed by atoms with Gasteiger partial charge in [-0.3, -0.25) is 4.79 Å². The minimum atomic E-state index is -0.923. The molecule has 0 bridgehead atoms. The third kappa shape index (κ3) is 3.35. The van der Waals surface area contributed by atoms with Gasteiger partial charge in [-0.15, -0.1) is 0 Å². The summed E-state index contributed by atoms with van der Waals surface area (Å²) in [6.45, 7) is 5.75. The molecule has 1 amide bonds. The SMILES string of the molecule is CCC(C)(C#N)C(=O)NCC(C)OC. The van der Waals surface area contributed by atoms with E-state index in [2.05, 4.69) is 5.32 Å². The van der Waals surface area contributed by atoms with Gasteiger partial charge < -0.3 is 10.1 Å². The van der Waals surface area contributed by atoms with Gasteiger partial charge >= 0.3 is 0 Å². The van der Waals surface area contributed by atoms with E-state index in [0.29, 0.717) is 13.0 Å². The highest BCUT2D eigenvalue weighted by Gasteiger charge is 2.30. The van der Waals surface area contributed by atoms with Crippen LogP contribution < -0.4 is 5.32 Å². The molecular formula is C10H18N2O2. The van der Waals surface area contributed by atoms with Crippen LogP contribution in [0.25, 0.3) is 0 Å². The van der Waals surface area contributed by atoms with Gasteiger partial charge in [-0.25, -0.2) is 0 Å². The summed E-state index contributed by atoms with van der Waals surface area (Å²) in [6, 6.07) is 2.02. The Balaban J connectivity index is 4.15. The molecule has 1 N–H and O–H groups in total. The maximum absolute atomic E-state index is 11.6. The Morgan fingerprint density at radius 1 is 1.71 bits per heavy atom. The quantitative estimate of drug-likeness (QED) is 0.719. The largest absolute Gasteiger partial charge is 0.380 e. The highest BCUT2D eigenvalue weighted by atomic mass is 16.5. The van der Waals surface area contributed by atoms with E-state index >= 15 is 0 Å².